The zero-order valence-electron chi connectivity index (χ0n) is 13.3. The Morgan fingerprint density at radius 3 is 2.53 bits per heavy atom. The summed E-state index contributed by atoms with van der Waals surface area (Å²) in [7, 11) is 6.37. The number of hydrogen-bond donors (Lipinski definition) is 0. The summed E-state index contributed by atoms with van der Waals surface area (Å²) in [5.41, 5.74) is 0. The van der Waals surface area contributed by atoms with Crippen LogP contribution in [-0.4, -0.2) is 37.2 Å². The number of rotatable bonds is 2. The van der Waals surface area contributed by atoms with E-state index in [9.17, 15) is 0 Å². The number of amidine groups is 1. The lowest BCUT2D eigenvalue weighted by molar-refractivity contribution is 0.161. The lowest BCUT2D eigenvalue weighted by Crippen LogP contribution is -2.51. The van der Waals surface area contributed by atoms with Gasteiger partial charge in [-0.3, -0.25) is 4.99 Å². The summed E-state index contributed by atoms with van der Waals surface area (Å²) in [4.78, 5) is 7.50. The van der Waals surface area contributed by atoms with Gasteiger partial charge in [-0.2, -0.15) is 0 Å². The van der Waals surface area contributed by atoms with Gasteiger partial charge in [-0.05, 0) is 46.5 Å². The second-order valence-electron chi connectivity index (χ2n) is 7.42. The van der Waals surface area contributed by atoms with Gasteiger partial charge in [0.05, 0.1) is 7.85 Å². The fraction of sp³-hybridized carbons (Fsp3) is 0.938. The molecule has 19 heavy (non-hydrogen) atoms. The van der Waals surface area contributed by atoms with Crippen LogP contribution in [0, 0.1) is 11.8 Å². The molecule has 1 heterocycles. The van der Waals surface area contributed by atoms with Crippen molar-refractivity contribution in [2.75, 3.05) is 6.54 Å². The molecule has 1 aliphatic heterocycles. The molecular formula is C16H29BN2. The summed E-state index contributed by atoms with van der Waals surface area (Å²) in [6, 6.07) is 0.950. The Kier molecular flexibility index (Phi) is 4.32. The van der Waals surface area contributed by atoms with Crippen LogP contribution >= 0.6 is 0 Å². The van der Waals surface area contributed by atoms with E-state index in [1.165, 1.54) is 25.1 Å². The molecule has 0 amide bonds. The number of aliphatic imine (C=N–C) groups is 1. The molecule has 1 aliphatic carbocycles. The van der Waals surface area contributed by atoms with Crippen molar-refractivity contribution in [2.24, 2.45) is 16.8 Å². The van der Waals surface area contributed by atoms with E-state index in [0.717, 1.165) is 18.9 Å². The maximum atomic E-state index is 6.37. The van der Waals surface area contributed by atoms with Gasteiger partial charge in [-0.15, -0.1) is 0 Å². The monoisotopic (exact) mass is 260 g/mol. The van der Waals surface area contributed by atoms with E-state index in [4.69, 9.17) is 12.8 Å². The SMILES string of the molecule is [B]C1(C)CCC2C(=NC(C)C)N(C(C)C)CCC2C1. The van der Waals surface area contributed by atoms with Gasteiger partial charge < -0.3 is 4.90 Å². The van der Waals surface area contributed by atoms with Crippen LogP contribution < -0.4 is 0 Å². The van der Waals surface area contributed by atoms with Crippen LogP contribution in [0.3, 0.4) is 0 Å². The number of fused-ring (bicyclic) bond motifs is 1. The average molecular weight is 260 g/mol. The van der Waals surface area contributed by atoms with Crippen molar-refractivity contribution >= 4 is 13.7 Å². The smallest absolute Gasteiger partial charge is 0.103 e. The lowest BCUT2D eigenvalue weighted by Gasteiger charge is -2.49. The number of hydrogen-bond acceptors (Lipinski definition) is 1. The van der Waals surface area contributed by atoms with Crippen LogP contribution in [0.4, 0.5) is 0 Å². The lowest BCUT2D eigenvalue weighted by atomic mass is 9.55. The quantitative estimate of drug-likeness (QED) is 0.692. The fourth-order valence-electron chi connectivity index (χ4n) is 3.80. The normalized spacial score (nSPS) is 38.1. The molecule has 0 aromatic carbocycles. The molecule has 1 saturated heterocycles. The highest BCUT2D eigenvalue weighted by Gasteiger charge is 2.41. The van der Waals surface area contributed by atoms with Crippen molar-refractivity contribution in [1.29, 1.82) is 0 Å². The molecule has 2 aliphatic rings. The predicted octanol–water partition coefficient (Wildman–Crippen LogP) is 3.67. The molecule has 2 fully saturated rings. The first kappa shape index (κ1) is 14.9. The van der Waals surface area contributed by atoms with Crippen molar-refractivity contribution in [1.82, 2.24) is 4.90 Å². The second kappa shape index (κ2) is 5.50. The first-order chi connectivity index (χ1) is 8.80. The standard InChI is InChI=1S/C16H29BN2/c1-11(2)18-15-14-6-8-16(5,17)10-13(14)7-9-19(15)12(3)4/h11-14H,6-10H2,1-5H3. The van der Waals surface area contributed by atoms with Crippen molar-refractivity contribution in [3.05, 3.63) is 0 Å². The molecule has 106 valence electrons. The number of piperidine rings is 1. The summed E-state index contributed by atoms with van der Waals surface area (Å²) in [5, 5.41) is 0.0457. The minimum absolute atomic E-state index is 0.0457. The van der Waals surface area contributed by atoms with Crippen molar-refractivity contribution < 1.29 is 0 Å². The third-order valence-electron chi connectivity index (χ3n) is 4.70. The molecule has 0 aromatic rings. The van der Waals surface area contributed by atoms with E-state index in [2.05, 4.69) is 39.5 Å². The van der Waals surface area contributed by atoms with E-state index in [0.29, 0.717) is 18.0 Å². The maximum absolute atomic E-state index is 6.37. The molecule has 3 atom stereocenters. The summed E-state index contributed by atoms with van der Waals surface area (Å²) in [5.74, 6) is 2.77. The molecule has 0 bridgehead atoms. The van der Waals surface area contributed by atoms with Gasteiger partial charge in [-0.1, -0.05) is 25.1 Å². The van der Waals surface area contributed by atoms with Gasteiger partial charge in [-0.25, -0.2) is 0 Å². The van der Waals surface area contributed by atoms with E-state index in [-0.39, 0.29) is 5.31 Å². The predicted molar refractivity (Wildman–Crippen MR) is 84.0 cm³/mol. The molecule has 0 N–H and O–H groups in total. The maximum Gasteiger partial charge on any atom is 0.103 e. The molecule has 1 saturated carbocycles. The van der Waals surface area contributed by atoms with Crippen molar-refractivity contribution in [3.8, 4) is 0 Å². The molecule has 0 spiro atoms. The minimum Gasteiger partial charge on any atom is -0.358 e. The molecule has 2 rings (SSSR count). The Bertz CT molecular complexity index is 347. The van der Waals surface area contributed by atoms with Gasteiger partial charge in [0, 0.05) is 24.5 Å². The highest BCUT2D eigenvalue weighted by atomic mass is 15.2. The summed E-state index contributed by atoms with van der Waals surface area (Å²) in [6.45, 7) is 12.3. The van der Waals surface area contributed by atoms with Crippen molar-refractivity contribution in [3.63, 3.8) is 0 Å². The zero-order valence-corrected chi connectivity index (χ0v) is 13.3. The third-order valence-corrected chi connectivity index (χ3v) is 4.70. The minimum atomic E-state index is 0.0457. The Labute approximate surface area is 120 Å². The Hall–Kier alpha value is -0.465. The summed E-state index contributed by atoms with van der Waals surface area (Å²) >= 11 is 0. The van der Waals surface area contributed by atoms with E-state index >= 15 is 0 Å². The van der Waals surface area contributed by atoms with E-state index < -0.39 is 0 Å². The number of likely N-dealkylation sites (tertiary alicyclic amines) is 1. The topological polar surface area (TPSA) is 15.6 Å². The molecule has 3 unspecified atom stereocenters. The van der Waals surface area contributed by atoms with Gasteiger partial charge in [0.1, 0.15) is 5.84 Å². The molecule has 0 aromatic heterocycles. The highest BCUT2D eigenvalue weighted by Crippen LogP contribution is 2.48. The number of nitrogens with zero attached hydrogens (tertiary/aromatic N) is 2. The van der Waals surface area contributed by atoms with Crippen LogP contribution in [0.15, 0.2) is 4.99 Å². The Balaban J connectivity index is 2.23. The molecule has 2 nitrogen and oxygen atoms in total. The first-order valence-electron chi connectivity index (χ1n) is 7.93. The van der Waals surface area contributed by atoms with Gasteiger partial charge >= 0.3 is 0 Å². The van der Waals surface area contributed by atoms with Gasteiger partial charge in [0.15, 0.2) is 0 Å². The van der Waals surface area contributed by atoms with Crippen LogP contribution in [0.2, 0.25) is 5.31 Å². The molecular weight excluding hydrogens is 231 g/mol. The average Bonchev–Trinajstić information content (AvgIpc) is 2.26. The third kappa shape index (κ3) is 3.35. The van der Waals surface area contributed by atoms with Crippen LogP contribution in [-0.2, 0) is 0 Å². The van der Waals surface area contributed by atoms with E-state index in [1.807, 2.05) is 0 Å². The summed E-state index contributed by atoms with van der Waals surface area (Å²) < 4.78 is 0. The highest BCUT2D eigenvalue weighted by molar-refractivity contribution is 6.15. The van der Waals surface area contributed by atoms with Crippen LogP contribution in [0.5, 0.6) is 0 Å². The Morgan fingerprint density at radius 1 is 1.26 bits per heavy atom. The van der Waals surface area contributed by atoms with E-state index in [1.54, 1.807) is 0 Å². The first-order valence-corrected chi connectivity index (χ1v) is 7.93. The summed E-state index contributed by atoms with van der Waals surface area (Å²) in [6.07, 6.45) is 4.80. The van der Waals surface area contributed by atoms with Gasteiger partial charge in [0.25, 0.3) is 0 Å². The Morgan fingerprint density at radius 2 is 1.95 bits per heavy atom. The van der Waals surface area contributed by atoms with Crippen LogP contribution in [0.25, 0.3) is 0 Å². The largest absolute Gasteiger partial charge is 0.358 e. The fourth-order valence-corrected chi connectivity index (χ4v) is 3.80. The van der Waals surface area contributed by atoms with Crippen LogP contribution in [0.1, 0.15) is 60.3 Å². The molecule has 2 radical (unpaired) electrons. The molecule has 3 heteroatoms. The second-order valence-corrected chi connectivity index (χ2v) is 7.42. The van der Waals surface area contributed by atoms with Gasteiger partial charge in [0.2, 0.25) is 0 Å². The van der Waals surface area contributed by atoms with Crippen molar-refractivity contribution in [2.45, 2.75) is 77.7 Å². The zero-order chi connectivity index (χ0) is 14.2.